The number of benzene rings is 1. The molecule has 1 aromatic carbocycles. The van der Waals surface area contributed by atoms with Gasteiger partial charge in [0.1, 0.15) is 12.6 Å². The van der Waals surface area contributed by atoms with Crippen molar-refractivity contribution in [1.29, 1.82) is 0 Å². The molecule has 2 atom stereocenters. The van der Waals surface area contributed by atoms with Crippen LogP contribution < -0.4 is 0 Å². The van der Waals surface area contributed by atoms with E-state index >= 15 is 0 Å². The monoisotopic (exact) mass is 331 g/mol. The highest BCUT2D eigenvalue weighted by Gasteiger charge is 2.41. The van der Waals surface area contributed by atoms with Crippen LogP contribution in [0.3, 0.4) is 0 Å². The summed E-state index contributed by atoms with van der Waals surface area (Å²) in [4.78, 5) is 25.1. The van der Waals surface area contributed by atoms with Crippen molar-refractivity contribution >= 4 is 23.4 Å². The van der Waals surface area contributed by atoms with E-state index in [1.165, 1.54) is 4.90 Å². The van der Waals surface area contributed by atoms with E-state index in [-0.39, 0.29) is 12.5 Å². The predicted octanol–water partition coefficient (Wildman–Crippen LogP) is 3.33. The maximum atomic E-state index is 12.3. The Kier molecular flexibility index (Phi) is 4.62. The number of amides is 1. The fourth-order valence-electron chi connectivity index (χ4n) is 2.82. The summed E-state index contributed by atoms with van der Waals surface area (Å²) in [5.41, 5.74) is 1.96. The third kappa shape index (κ3) is 3.53. The molecule has 120 valence electrons. The van der Waals surface area contributed by atoms with E-state index in [0.29, 0.717) is 13.0 Å². The van der Waals surface area contributed by atoms with E-state index in [2.05, 4.69) is 0 Å². The first-order valence-electron chi connectivity index (χ1n) is 7.37. The van der Waals surface area contributed by atoms with Gasteiger partial charge < -0.3 is 9.84 Å². The van der Waals surface area contributed by atoms with Crippen LogP contribution >= 0.6 is 11.3 Å². The highest BCUT2D eigenvalue weighted by Crippen LogP contribution is 2.33. The number of hydrogen-bond acceptors (Lipinski definition) is 4. The minimum absolute atomic E-state index is 0.0478. The molecule has 1 fully saturated rings. The van der Waals surface area contributed by atoms with E-state index in [1.54, 1.807) is 11.3 Å². The first-order valence-corrected chi connectivity index (χ1v) is 8.31. The zero-order chi connectivity index (χ0) is 16.2. The molecule has 2 aromatic rings. The van der Waals surface area contributed by atoms with Crippen LogP contribution in [0.2, 0.25) is 0 Å². The molecule has 1 amide bonds. The molecule has 1 saturated heterocycles. The molecule has 1 aliphatic heterocycles. The Balaban J connectivity index is 1.66. The molecule has 0 bridgehead atoms. The van der Waals surface area contributed by atoms with Gasteiger partial charge in [-0.2, -0.15) is 11.3 Å². The van der Waals surface area contributed by atoms with Crippen LogP contribution in [0.5, 0.6) is 0 Å². The van der Waals surface area contributed by atoms with Crippen LogP contribution in [0, 0.1) is 0 Å². The number of carboxylic acid groups (broad SMARTS) is 1. The summed E-state index contributed by atoms with van der Waals surface area (Å²) < 4.78 is 5.28. The molecule has 6 heteroatoms. The average molecular weight is 331 g/mol. The van der Waals surface area contributed by atoms with Crippen LogP contribution in [-0.4, -0.2) is 34.7 Å². The third-order valence-electron chi connectivity index (χ3n) is 4.04. The van der Waals surface area contributed by atoms with Gasteiger partial charge in [-0.3, -0.25) is 4.90 Å². The zero-order valence-electron chi connectivity index (χ0n) is 12.4. The van der Waals surface area contributed by atoms with Gasteiger partial charge in [0.2, 0.25) is 0 Å². The summed E-state index contributed by atoms with van der Waals surface area (Å²) in [6.45, 7) is 0.521. The standard InChI is InChI=1S/C17H17NO4S/c19-16(20)15-8-14(13-6-7-23-11-13)9-18(15)17(21)22-10-12-4-2-1-3-5-12/h1-7,11,14-15H,8-10H2,(H,19,20)/t14?,15-/m0/s1. The van der Waals surface area contributed by atoms with Crippen LogP contribution in [0.15, 0.2) is 47.2 Å². The fraction of sp³-hybridized carbons (Fsp3) is 0.294. The number of thiophene rings is 1. The molecule has 3 rings (SSSR count). The van der Waals surface area contributed by atoms with E-state index in [4.69, 9.17) is 4.74 Å². The molecule has 0 spiro atoms. The van der Waals surface area contributed by atoms with Gasteiger partial charge >= 0.3 is 12.1 Å². The minimum atomic E-state index is -0.987. The lowest BCUT2D eigenvalue weighted by atomic mass is 9.99. The molecule has 0 aliphatic carbocycles. The largest absolute Gasteiger partial charge is 0.480 e. The third-order valence-corrected chi connectivity index (χ3v) is 4.74. The molecule has 0 saturated carbocycles. The number of nitrogens with zero attached hydrogens (tertiary/aromatic N) is 1. The summed E-state index contributed by atoms with van der Waals surface area (Å²) in [5, 5.41) is 13.3. The Morgan fingerprint density at radius 2 is 2.04 bits per heavy atom. The normalized spacial score (nSPS) is 20.4. The van der Waals surface area contributed by atoms with Gasteiger partial charge in [0.05, 0.1) is 0 Å². The Morgan fingerprint density at radius 3 is 2.70 bits per heavy atom. The van der Waals surface area contributed by atoms with Crippen molar-refractivity contribution in [1.82, 2.24) is 4.90 Å². The number of aliphatic carboxylic acids is 1. The predicted molar refractivity (Wildman–Crippen MR) is 86.4 cm³/mol. The topological polar surface area (TPSA) is 66.8 Å². The number of carboxylic acids is 1. The smallest absolute Gasteiger partial charge is 0.410 e. The second-order valence-electron chi connectivity index (χ2n) is 5.54. The van der Waals surface area contributed by atoms with Crippen molar-refractivity contribution in [3.8, 4) is 0 Å². The molecule has 1 aromatic heterocycles. The quantitative estimate of drug-likeness (QED) is 0.933. The Bertz CT molecular complexity index is 671. The summed E-state index contributed by atoms with van der Waals surface area (Å²) in [7, 11) is 0. The second kappa shape index (κ2) is 6.83. The molecular weight excluding hydrogens is 314 g/mol. The van der Waals surface area contributed by atoms with Crippen LogP contribution in [0.25, 0.3) is 0 Å². The van der Waals surface area contributed by atoms with E-state index in [0.717, 1.165) is 11.1 Å². The molecule has 0 radical (unpaired) electrons. The van der Waals surface area contributed by atoms with Crippen molar-refractivity contribution in [2.75, 3.05) is 6.54 Å². The van der Waals surface area contributed by atoms with Gasteiger partial charge in [-0.05, 0) is 34.4 Å². The first-order chi connectivity index (χ1) is 11.1. The summed E-state index contributed by atoms with van der Waals surface area (Å²) in [5.74, 6) is -0.939. The molecule has 23 heavy (non-hydrogen) atoms. The maximum absolute atomic E-state index is 12.3. The summed E-state index contributed by atoms with van der Waals surface area (Å²) >= 11 is 1.57. The maximum Gasteiger partial charge on any atom is 0.410 e. The molecule has 1 aliphatic rings. The number of carbonyl (C=O) groups is 2. The van der Waals surface area contributed by atoms with E-state index in [1.807, 2.05) is 47.2 Å². The van der Waals surface area contributed by atoms with Crippen LogP contribution in [0.4, 0.5) is 4.79 Å². The van der Waals surface area contributed by atoms with Gasteiger partial charge in [0.15, 0.2) is 0 Å². The van der Waals surface area contributed by atoms with Crippen molar-refractivity contribution < 1.29 is 19.4 Å². The van der Waals surface area contributed by atoms with Gasteiger partial charge in [0.25, 0.3) is 0 Å². The van der Waals surface area contributed by atoms with Crippen molar-refractivity contribution in [2.45, 2.75) is 25.0 Å². The summed E-state index contributed by atoms with van der Waals surface area (Å²) in [6.07, 6.45) is -0.147. The SMILES string of the molecule is O=C(O)[C@@H]1CC(c2ccsc2)CN1C(=O)OCc1ccccc1. The van der Waals surface area contributed by atoms with Gasteiger partial charge in [-0.1, -0.05) is 30.3 Å². The molecule has 1 unspecified atom stereocenters. The number of hydrogen-bond donors (Lipinski definition) is 1. The lowest BCUT2D eigenvalue weighted by molar-refractivity contribution is -0.141. The van der Waals surface area contributed by atoms with Crippen molar-refractivity contribution in [3.63, 3.8) is 0 Å². The zero-order valence-corrected chi connectivity index (χ0v) is 13.2. The van der Waals surface area contributed by atoms with Crippen molar-refractivity contribution in [2.24, 2.45) is 0 Å². The Labute approximate surface area is 138 Å². The number of ether oxygens (including phenoxy) is 1. The minimum Gasteiger partial charge on any atom is -0.480 e. The molecule has 5 nitrogen and oxygen atoms in total. The number of carbonyl (C=O) groups excluding carboxylic acids is 1. The highest BCUT2D eigenvalue weighted by molar-refractivity contribution is 7.08. The lowest BCUT2D eigenvalue weighted by Gasteiger charge is -2.20. The van der Waals surface area contributed by atoms with Gasteiger partial charge in [-0.25, -0.2) is 9.59 Å². The van der Waals surface area contributed by atoms with Crippen LogP contribution in [0.1, 0.15) is 23.5 Å². The number of likely N-dealkylation sites (tertiary alicyclic amines) is 1. The lowest BCUT2D eigenvalue weighted by Crippen LogP contribution is -2.40. The Morgan fingerprint density at radius 1 is 1.26 bits per heavy atom. The molecule has 2 heterocycles. The fourth-order valence-corrected chi connectivity index (χ4v) is 3.57. The Hall–Kier alpha value is -2.34. The molecular formula is C17H17NO4S. The van der Waals surface area contributed by atoms with Crippen LogP contribution in [-0.2, 0) is 16.1 Å². The average Bonchev–Trinajstić information content (AvgIpc) is 3.22. The van der Waals surface area contributed by atoms with E-state index < -0.39 is 18.1 Å². The highest BCUT2D eigenvalue weighted by atomic mass is 32.1. The number of rotatable bonds is 4. The van der Waals surface area contributed by atoms with Gasteiger partial charge in [0, 0.05) is 12.5 Å². The van der Waals surface area contributed by atoms with E-state index in [9.17, 15) is 14.7 Å². The van der Waals surface area contributed by atoms with Gasteiger partial charge in [-0.15, -0.1) is 0 Å². The summed E-state index contributed by atoms with van der Waals surface area (Å²) in [6, 6.07) is 10.5. The second-order valence-corrected chi connectivity index (χ2v) is 6.32. The van der Waals surface area contributed by atoms with Crippen molar-refractivity contribution in [3.05, 3.63) is 58.3 Å². The first kappa shape index (κ1) is 15.6. The molecule has 1 N–H and O–H groups in total.